The Morgan fingerprint density at radius 2 is 1.97 bits per heavy atom. The first-order valence-electron chi connectivity index (χ1n) is 11.5. The van der Waals surface area contributed by atoms with E-state index in [1.54, 1.807) is 7.11 Å². The summed E-state index contributed by atoms with van der Waals surface area (Å²) in [7, 11) is 3.76. The molecule has 7 heteroatoms. The summed E-state index contributed by atoms with van der Waals surface area (Å²) < 4.78 is 11.5. The highest BCUT2D eigenvalue weighted by Crippen LogP contribution is 2.26. The van der Waals surface area contributed by atoms with Gasteiger partial charge in [0.05, 0.1) is 13.3 Å². The molecule has 1 aromatic heterocycles. The smallest absolute Gasteiger partial charge is 0.127 e. The largest absolute Gasteiger partial charge is 0.497 e. The van der Waals surface area contributed by atoms with Gasteiger partial charge >= 0.3 is 0 Å². The first-order valence-corrected chi connectivity index (χ1v) is 11.5. The van der Waals surface area contributed by atoms with E-state index in [0.717, 1.165) is 49.7 Å². The van der Waals surface area contributed by atoms with Crippen LogP contribution in [0.25, 0.3) is 0 Å². The average molecular weight is 431 g/mol. The van der Waals surface area contributed by atoms with E-state index in [0.29, 0.717) is 6.54 Å². The van der Waals surface area contributed by atoms with Crippen molar-refractivity contribution in [3.63, 3.8) is 0 Å². The standard InChI is InChI=1S/C24H38N4O3/c1-27(13-10-20-15-25-26-16-20)17-21-8-9-23(30-2)14-24(21)31-19-22(29)18-28-11-6-4-3-5-7-12-28/h8-9,14-16,22,29H,3-7,10-13,17-19H2,1-2H3,(H,25,26). The van der Waals surface area contributed by atoms with Crippen LogP contribution in [0.2, 0.25) is 0 Å². The highest BCUT2D eigenvalue weighted by molar-refractivity contribution is 5.40. The molecule has 2 aromatic rings. The number of hydrogen-bond donors (Lipinski definition) is 2. The van der Waals surface area contributed by atoms with Crippen LogP contribution in [0.4, 0.5) is 0 Å². The number of H-pyrrole nitrogens is 1. The number of aromatic amines is 1. The molecule has 3 rings (SSSR count). The van der Waals surface area contributed by atoms with E-state index >= 15 is 0 Å². The van der Waals surface area contributed by atoms with Gasteiger partial charge in [-0.2, -0.15) is 5.10 Å². The van der Waals surface area contributed by atoms with Gasteiger partial charge in [-0.3, -0.25) is 5.10 Å². The zero-order chi connectivity index (χ0) is 21.9. The highest BCUT2D eigenvalue weighted by Gasteiger charge is 2.16. The molecule has 1 atom stereocenters. The molecule has 0 saturated carbocycles. The van der Waals surface area contributed by atoms with E-state index in [-0.39, 0.29) is 6.61 Å². The number of ether oxygens (including phenoxy) is 2. The zero-order valence-corrected chi connectivity index (χ0v) is 19.1. The molecule has 0 amide bonds. The van der Waals surface area contributed by atoms with Crippen molar-refractivity contribution in [2.75, 3.05) is 46.9 Å². The fourth-order valence-electron chi connectivity index (χ4n) is 4.06. The van der Waals surface area contributed by atoms with Gasteiger partial charge in [0.2, 0.25) is 0 Å². The van der Waals surface area contributed by atoms with E-state index in [2.05, 4.69) is 27.0 Å². The number of likely N-dealkylation sites (tertiary alicyclic amines) is 1. The summed E-state index contributed by atoms with van der Waals surface area (Å²) in [4.78, 5) is 4.64. The van der Waals surface area contributed by atoms with Crippen molar-refractivity contribution in [2.24, 2.45) is 0 Å². The summed E-state index contributed by atoms with van der Waals surface area (Å²) in [6, 6.07) is 5.93. The molecular formula is C24H38N4O3. The number of methoxy groups -OCH3 is 1. The third-order valence-corrected chi connectivity index (χ3v) is 5.90. The normalized spacial score (nSPS) is 16.6. The number of nitrogens with one attached hydrogen (secondary N) is 1. The van der Waals surface area contributed by atoms with Gasteiger partial charge in [0.25, 0.3) is 0 Å². The molecule has 0 bridgehead atoms. The third-order valence-electron chi connectivity index (χ3n) is 5.90. The Morgan fingerprint density at radius 1 is 1.19 bits per heavy atom. The van der Waals surface area contributed by atoms with Crippen molar-refractivity contribution in [1.29, 1.82) is 0 Å². The van der Waals surface area contributed by atoms with Crippen LogP contribution in [-0.2, 0) is 13.0 Å². The van der Waals surface area contributed by atoms with Gasteiger partial charge in [-0.25, -0.2) is 0 Å². The molecular weight excluding hydrogens is 392 g/mol. The fourth-order valence-corrected chi connectivity index (χ4v) is 4.06. The Bertz CT molecular complexity index is 745. The first kappa shape index (κ1) is 23.6. The summed E-state index contributed by atoms with van der Waals surface area (Å²) >= 11 is 0. The van der Waals surface area contributed by atoms with Gasteiger partial charge < -0.3 is 24.4 Å². The number of nitrogens with zero attached hydrogens (tertiary/aromatic N) is 3. The van der Waals surface area contributed by atoms with Gasteiger partial charge in [0, 0.05) is 37.5 Å². The number of aliphatic hydroxyl groups excluding tert-OH is 1. The minimum Gasteiger partial charge on any atom is -0.497 e. The molecule has 1 fully saturated rings. The van der Waals surface area contributed by atoms with Crippen molar-refractivity contribution in [2.45, 2.75) is 51.2 Å². The van der Waals surface area contributed by atoms with Crippen LogP contribution in [0, 0.1) is 0 Å². The number of aliphatic hydroxyl groups is 1. The molecule has 1 aromatic carbocycles. The lowest BCUT2D eigenvalue weighted by atomic mass is 10.1. The molecule has 0 spiro atoms. The second-order valence-electron chi connectivity index (χ2n) is 8.60. The summed E-state index contributed by atoms with van der Waals surface area (Å²) in [5.41, 5.74) is 2.29. The second-order valence-corrected chi connectivity index (χ2v) is 8.60. The molecule has 1 unspecified atom stereocenters. The van der Waals surface area contributed by atoms with Crippen LogP contribution < -0.4 is 9.47 Å². The van der Waals surface area contributed by atoms with Crippen molar-refractivity contribution in [3.8, 4) is 11.5 Å². The third kappa shape index (κ3) is 8.16. The quantitative estimate of drug-likeness (QED) is 0.571. The SMILES string of the molecule is COc1ccc(CN(C)CCc2cn[nH]c2)c(OCC(O)CN2CCCCCCC2)c1. The van der Waals surface area contributed by atoms with Crippen LogP contribution in [-0.4, -0.2) is 78.2 Å². The summed E-state index contributed by atoms with van der Waals surface area (Å²) in [6.45, 7) is 4.78. The van der Waals surface area contributed by atoms with Crippen LogP contribution in [0.5, 0.6) is 11.5 Å². The van der Waals surface area contributed by atoms with Crippen LogP contribution in [0.15, 0.2) is 30.6 Å². The van der Waals surface area contributed by atoms with E-state index in [1.165, 1.54) is 37.7 Å². The lowest BCUT2D eigenvalue weighted by Crippen LogP contribution is -2.37. The fraction of sp³-hybridized carbons (Fsp3) is 0.625. The van der Waals surface area contributed by atoms with Gasteiger partial charge in [-0.15, -0.1) is 0 Å². The predicted molar refractivity (Wildman–Crippen MR) is 123 cm³/mol. The number of aromatic nitrogens is 2. The highest BCUT2D eigenvalue weighted by atomic mass is 16.5. The van der Waals surface area contributed by atoms with Crippen LogP contribution in [0.3, 0.4) is 0 Å². The first-order chi connectivity index (χ1) is 15.1. The number of rotatable bonds is 11. The van der Waals surface area contributed by atoms with Crippen molar-refractivity contribution < 1.29 is 14.6 Å². The minimum absolute atomic E-state index is 0.287. The van der Waals surface area contributed by atoms with Gasteiger partial charge in [-0.1, -0.05) is 25.3 Å². The van der Waals surface area contributed by atoms with Crippen molar-refractivity contribution in [3.05, 3.63) is 41.7 Å². The molecule has 1 aliphatic heterocycles. The summed E-state index contributed by atoms with van der Waals surface area (Å²) in [6.07, 6.45) is 10.6. The van der Waals surface area contributed by atoms with Gasteiger partial charge in [0.15, 0.2) is 0 Å². The second kappa shape index (κ2) is 12.7. The summed E-state index contributed by atoms with van der Waals surface area (Å²) in [5.74, 6) is 1.54. The number of likely N-dealkylation sites (N-methyl/N-ethyl adjacent to an activating group) is 1. The molecule has 1 saturated heterocycles. The predicted octanol–water partition coefficient (Wildman–Crippen LogP) is 3.10. The average Bonchev–Trinajstić information content (AvgIpc) is 3.27. The molecule has 2 heterocycles. The van der Waals surface area contributed by atoms with Gasteiger partial charge in [0.1, 0.15) is 24.2 Å². The van der Waals surface area contributed by atoms with Crippen molar-refractivity contribution >= 4 is 0 Å². The number of benzene rings is 1. The van der Waals surface area contributed by atoms with Crippen LogP contribution in [0.1, 0.15) is 43.2 Å². The minimum atomic E-state index is -0.503. The molecule has 0 aliphatic carbocycles. The molecule has 1 aliphatic rings. The molecule has 172 valence electrons. The monoisotopic (exact) mass is 430 g/mol. The van der Waals surface area contributed by atoms with E-state index in [4.69, 9.17) is 9.47 Å². The zero-order valence-electron chi connectivity index (χ0n) is 19.1. The summed E-state index contributed by atoms with van der Waals surface area (Å²) in [5, 5.41) is 17.5. The molecule has 7 nitrogen and oxygen atoms in total. The van der Waals surface area contributed by atoms with Gasteiger partial charge in [-0.05, 0) is 51.0 Å². The maximum atomic E-state index is 10.6. The van der Waals surface area contributed by atoms with E-state index in [1.807, 2.05) is 30.6 Å². The van der Waals surface area contributed by atoms with E-state index in [9.17, 15) is 5.11 Å². The Hall–Kier alpha value is -2.09. The molecule has 0 radical (unpaired) electrons. The lowest BCUT2D eigenvalue weighted by molar-refractivity contribution is 0.0648. The molecule has 31 heavy (non-hydrogen) atoms. The topological polar surface area (TPSA) is 73.8 Å². The van der Waals surface area contributed by atoms with E-state index < -0.39 is 6.10 Å². The number of hydrogen-bond acceptors (Lipinski definition) is 6. The van der Waals surface area contributed by atoms with Crippen LogP contribution >= 0.6 is 0 Å². The Labute approximate surface area is 186 Å². The van der Waals surface area contributed by atoms with Crippen molar-refractivity contribution in [1.82, 2.24) is 20.0 Å². The Kier molecular flexibility index (Phi) is 9.65. The maximum absolute atomic E-state index is 10.6. The lowest BCUT2D eigenvalue weighted by Gasteiger charge is -2.27. The maximum Gasteiger partial charge on any atom is 0.127 e. The Morgan fingerprint density at radius 3 is 2.68 bits per heavy atom. The molecule has 2 N–H and O–H groups in total. The Balaban J connectivity index is 1.53. The number of β-amino-alcohol motifs (C(OH)–C–C–N with tert-alkyl or cyclic N) is 1.